The Kier molecular flexibility index (Phi) is 6.63. The number of aromatic amines is 1. The maximum absolute atomic E-state index is 11.9. The molecule has 2 aromatic heterocycles. The Labute approximate surface area is 164 Å². The molecule has 6 nitrogen and oxygen atoms in total. The van der Waals surface area contributed by atoms with Crippen LogP contribution in [0.4, 0.5) is 0 Å². The molecule has 0 aliphatic rings. The molecule has 0 saturated heterocycles. The van der Waals surface area contributed by atoms with Gasteiger partial charge in [-0.05, 0) is 30.9 Å². The van der Waals surface area contributed by atoms with Crippen LogP contribution < -0.4 is 5.69 Å². The third kappa shape index (κ3) is 4.43. The normalized spacial score (nSPS) is 11.3. The van der Waals surface area contributed by atoms with Gasteiger partial charge in [-0.25, -0.2) is 14.9 Å². The zero-order valence-electron chi connectivity index (χ0n) is 14.5. The Bertz CT molecular complexity index is 958. The van der Waals surface area contributed by atoms with E-state index >= 15 is 0 Å². The van der Waals surface area contributed by atoms with Crippen molar-refractivity contribution in [2.24, 2.45) is 0 Å². The standard InChI is InChI=1S/C17H19ClN4O2S2/c1-24-7-3-6-22-16(23)20-21-17(22)26-10-12-8-11-4-5-13(25-2)9-14(11)19-15(12)18/h4-5,8-9H,3,6-7,10H2,1-2H3,(H,20,23). The predicted molar refractivity (Wildman–Crippen MR) is 107 cm³/mol. The van der Waals surface area contributed by atoms with Gasteiger partial charge in [0.25, 0.3) is 0 Å². The second-order valence-corrected chi connectivity index (χ2v) is 7.78. The minimum atomic E-state index is -0.212. The van der Waals surface area contributed by atoms with Crippen LogP contribution in [0.5, 0.6) is 0 Å². The zero-order valence-corrected chi connectivity index (χ0v) is 16.9. The Balaban J connectivity index is 1.77. The van der Waals surface area contributed by atoms with Gasteiger partial charge in [-0.15, -0.1) is 16.9 Å². The van der Waals surface area contributed by atoms with Gasteiger partial charge in [0.1, 0.15) is 5.15 Å². The smallest absolute Gasteiger partial charge is 0.343 e. The van der Waals surface area contributed by atoms with Gasteiger partial charge in [0, 0.05) is 41.9 Å². The first kappa shape index (κ1) is 19.3. The lowest BCUT2D eigenvalue weighted by Crippen LogP contribution is -2.18. The highest BCUT2D eigenvalue weighted by molar-refractivity contribution is 7.98. The predicted octanol–water partition coefficient (Wildman–Crippen LogP) is 3.82. The summed E-state index contributed by atoms with van der Waals surface area (Å²) in [6.07, 6.45) is 2.78. The molecule has 0 amide bonds. The van der Waals surface area contributed by atoms with Crippen molar-refractivity contribution in [2.75, 3.05) is 20.0 Å². The van der Waals surface area contributed by atoms with E-state index in [9.17, 15) is 4.79 Å². The van der Waals surface area contributed by atoms with Crippen molar-refractivity contribution < 1.29 is 4.74 Å². The molecule has 2 heterocycles. The molecule has 9 heteroatoms. The molecule has 0 atom stereocenters. The number of nitrogens with zero attached hydrogens (tertiary/aromatic N) is 3. The van der Waals surface area contributed by atoms with Crippen LogP contribution in [0.3, 0.4) is 0 Å². The molecular formula is C17H19ClN4O2S2. The van der Waals surface area contributed by atoms with Gasteiger partial charge in [-0.3, -0.25) is 4.57 Å². The number of hydrogen-bond acceptors (Lipinski definition) is 6. The molecule has 0 unspecified atom stereocenters. The number of ether oxygens (including phenoxy) is 1. The fourth-order valence-electron chi connectivity index (χ4n) is 2.52. The van der Waals surface area contributed by atoms with Crippen LogP contribution in [0.1, 0.15) is 12.0 Å². The van der Waals surface area contributed by atoms with Gasteiger partial charge in [-0.2, -0.15) is 0 Å². The molecule has 3 aromatic rings. The summed E-state index contributed by atoms with van der Waals surface area (Å²) >= 11 is 9.50. The zero-order chi connectivity index (χ0) is 18.5. The van der Waals surface area contributed by atoms with E-state index in [-0.39, 0.29) is 5.69 Å². The number of hydrogen-bond donors (Lipinski definition) is 1. The van der Waals surface area contributed by atoms with E-state index in [2.05, 4.69) is 21.2 Å². The van der Waals surface area contributed by atoms with E-state index < -0.39 is 0 Å². The number of nitrogens with one attached hydrogen (secondary N) is 1. The maximum atomic E-state index is 11.9. The van der Waals surface area contributed by atoms with Crippen molar-refractivity contribution >= 4 is 46.0 Å². The SMILES string of the molecule is COCCCn1c(SCc2cc3ccc(SC)cc3nc2Cl)n[nH]c1=O. The lowest BCUT2D eigenvalue weighted by molar-refractivity contribution is 0.189. The van der Waals surface area contributed by atoms with Crippen molar-refractivity contribution in [1.82, 2.24) is 19.7 Å². The van der Waals surface area contributed by atoms with Gasteiger partial charge in [-0.1, -0.05) is 29.4 Å². The summed E-state index contributed by atoms with van der Waals surface area (Å²) in [7, 11) is 1.64. The quantitative estimate of drug-likeness (QED) is 0.345. The monoisotopic (exact) mass is 410 g/mol. The largest absolute Gasteiger partial charge is 0.385 e. The highest BCUT2D eigenvalue weighted by Crippen LogP contribution is 2.28. The summed E-state index contributed by atoms with van der Waals surface area (Å²) in [4.78, 5) is 17.6. The number of fused-ring (bicyclic) bond motifs is 1. The first-order chi connectivity index (χ1) is 12.6. The average Bonchev–Trinajstić information content (AvgIpc) is 2.99. The van der Waals surface area contributed by atoms with Crippen LogP contribution in [0.15, 0.2) is 39.1 Å². The van der Waals surface area contributed by atoms with Gasteiger partial charge in [0.2, 0.25) is 0 Å². The van der Waals surface area contributed by atoms with Crippen molar-refractivity contribution in [2.45, 2.75) is 28.8 Å². The second-order valence-electron chi connectivity index (χ2n) is 5.59. The minimum Gasteiger partial charge on any atom is -0.385 e. The fraction of sp³-hybridized carbons (Fsp3) is 0.353. The van der Waals surface area contributed by atoms with E-state index in [1.54, 1.807) is 23.4 Å². The molecular weight excluding hydrogens is 392 g/mol. The molecule has 0 fully saturated rings. The Hall–Kier alpha value is -1.48. The Morgan fingerprint density at radius 3 is 2.96 bits per heavy atom. The van der Waals surface area contributed by atoms with Gasteiger partial charge in [0.05, 0.1) is 5.52 Å². The molecule has 0 aliphatic carbocycles. The van der Waals surface area contributed by atoms with Crippen LogP contribution >= 0.6 is 35.1 Å². The summed E-state index contributed by atoms with van der Waals surface area (Å²) < 4.78 is 6.66. The van der Waals surface area contributed by atoms with Crippen molar-refractivity contribution in [1.29, 1.82) is 0 Å². The van der Waals surface area contributed by atoms with E-state index in [1.807, 2.05) is 24.5 Å². The second kappa shape index (κ2) is 8.94. The number of rotatable bonds is 8. The lowest BCUT2D eigenvalue weighted by Gasteiger charge is -2.08. The highest BCUT2D eigenvalue weighted by Gasteiger charge is 2.12. The Morgan fingerprint density at radius 2 is 2.19 bits per heavy atom. The minimum absolute atomic E-state index is 0.212. The molecule has 1 aromatic carbocycles. The van der Waals surface area contributed by atoms with Gasteiger partial charge >= 0.3 is 5.69 Å². The molecule has 0 spiro atoms. The number of methoxy groups -OCH3 is 1. The first-order valence-corrected chi connectivity index (χ1v) is 10.6. The van der Waals surface area contributed by atoms with Crippen molar-refractivity contribution in [3.05, 3.63) is 45.5 Å². The topological polar surface area (TPSA) is 72.8 Å². The molecule has 26 heavy (non-hydrogen) atoms. The van der Waals surface area contributed by atoms with Crippen LogP contribution in [-0.4, -0.2) is 39.7 Å². The number of pyridine rings is 1. The molecule has 3 rings (SSSR count). The van der Waals surface area contributed by atoms with E-state index in [0.29, 0.717) is 29.2 Å². The third-order valence-electron chi connectivity index (χ3n) is 3.86. The molecule has 0 aliphatic heterocycles. The number of thioether (sulfide) groups is 2. The lowest BCUT2D eigenvalue weighted by atomic mass is 10.2. The Morgan fingerprint density at radius 1 is 1.35 bits per heavy atom. The fourth-order valence-corrected chi connectivity index (χ4v) is 4.19. The molecule has 0 saturated carbocycles. The van der Waals surface area contributed by atoms with Crippen molar-refractivity contribution in [3.8, 4) is 0 Å². The van der Waals surface area contributed by atoms with Gasteiger partial charge in [0.15, 0.2) is 5.16 Å². The van der Waals surface area contributed by atoms with Crippen LogP contribution in [0, 0.1) is 0 Å². The van der Waals surface area contributed by atoms with Crippen LogP contribution in [-0.2, 0) is 17.0 Å². The third-order valence-corrected chi connectivity index (χ3v) is 5.94. The van der Waals surface area contributed by atoms with Crippen LogP contribution in [0.2, 0.25) is 5.15 Å². The number of halogens is 1. The van der Waals surface area contributed by atoms with E-state index in [0.717, 1.165) is 27.8 Å². The molecule has 1 N–H and O–H groups in total. The highest BCUT2D eigenvalue weighted by atomic mass is 35.5. The van der Waals surface area contributed by atoms with Gasteiger partial charge < -0.3 is 4.74 Å². The van der Waals surface area contributed by atoms with E-state index in [1.165, 1.54) is 11.8 Å². The molecule has 138 valence electrons. The summed E-state index contributed by atoms with van der Waals surface area (Å²) in [5.74, 6) is 0.584. The average molecular weight is 411 g/mol. The van der Waals surface area contributed by atoms with E-state index in [4.69, 9.17) is 16.3 Å². The number of benzene rings is 1. The number of H-pyrrole nitrogens is 1. The summed E-state index contributed by atoms with van der Waals surface area (Å²) in [5, 5.41) is 8.77. The van der Waals surface area contributed by atoms with Crippen molar-refractivity contribution in [3.63, 3.8) is 0 Å². The number of aromatic nitrogens is 4. The summed E-state index contributed by atoms with van der Waals surface area (Å²) in [5.41, 5.74) is 1.59. The van der Waals surface area contributed by atoms with Crippen LogP contribution in [0.25, 0.3) is 10.9 Å². The maximum Gasteiger partial charge on any atom is 0.343 e. The summed E-state index contributed by atoms with van der Waals surface area (Å²) in [6, 6.07) is 8.19. The molecule has 0 radical (unpaired) electrons. The molecule has 0 bridgehead atoms. The first-order valence-electron chi connectivity index (χ1n) is 8.02. The summed E-state index contributed by atoms with van der Waals surface area (Å²) in [6.45, 7) is 1.16.